The molecule has 2 atom stereocenters. The SMILES string of the molecule is CC(C)(C)OC(=O)N[C@@H](Cc1ccccc1)C(=O)N1CCc2c(ncnc2NCC(O)C23CC4CC(CC(C4)C2)C3)C1. The standard InChI is InChI=1S/C33H45N5O4/c1-32(2,3)42-31(41)37-26(14-21-7-5-4-6-8-21)30(40)38-10-9-25-27(19-38)35-20-36-29(25)34-18-28(39)33-15-22-11-23(16-33)13-24(12-22)17-33/h4-8,20,22-24,26,28,39H,9-19H2,1-3H3,(H,37,41)(H,34,35,36)/t22?,23?,24?,26-,28?,33?/m0/s1. The van der Waals surface area contributed by atoms with Crippen LogP contribution in [0, 0.1) is 23.2 Å². The fraction of sp³-hybridized carbons (Fsp3) is 0.636. The van der Waals surface area contributed by atoms with E-state index in [0.29, 0.717) is 32.5 Å². The first-order valence-electron chi connectivity index (χ1n) is 15.6. The Morgan fingerprint density at radius 1 is 1.07 bits per heavy atom. The third-order valence-corrected chi connectivity index (χ3v) is 9.85. The van der Waals surface area contributed by atoms with Crippen molar-refractivity contribution in [3.8, 4) is 0 Å². The van der Waals surface area contributed by atoms with E-state index < -0.39 is 23.8 Å². The van der Waals surface area contributed by atoms with Gasteiger partial charge in [0.1, 0.15) is 23.8 Å². The average molecular weight is 576 g/mol. The van der Waals surface area contributed by atoms with Crippen LogP contribution in [0.5, 0.6) is 0 Å². The summed E-state index contributed by atoms with van der Waals surface area (Å²) < 4.78 is 5.47. The Labute approximate surface area is 248 Å². The van der Waals surface area contributed by atoms with Gasteiger partial charge in [0.05, 0.1) is 18.3 Å². The molecule has 2 heterocycles. The molecule has 2 amide bonds. The van der Waals surface area contributed by atoms with Gasteiger partial charge in [-0.1, -0.05) is 30.3 Å². The van der Waals surface area contributed by atoms with Gasteiger partial charge >= 0.3 is 6.09 Å². The second kappa shape index (κ2) is 11.5. The van der Waals surface area contributed by atoms with Gasteiger partial charge in [-0.3, -0.25) is 4.79 Å². The first-order valence-corrected chi connectivity index (χ1v) is 15.6. The molecule has 0 saturated heterocycles. The molecule has 226 valence electrons. The maximum Gasteiger partial charge on any atom is 0.408 e. The number of hydrogen-bond acceptors (Lipinski definition) is 7. The molecule has 1 aromatic heterocycles. The fourth-order valence-corrected chi connectivity index (χ4v) is 8.41. The molecule has 42 heavy (non-hydrogen) atoms. The number of carbonyl (C=O) groups excluding carboxylic acids is 2. The van der Waals surface area contributed by atoms with Crippen molar-refractivity contribution in [1.29, 1.82) is 0 Å². The number of fused-ring (bicyclic) bond motifs is 1. The lowest BCUT2D eigenvalue weighted by atomic mass is 9.48. The smallest absolute Gasteiger partial charge is 0.408 e. The summed E-state index contributed by atoms with van der Waals surface area (Å²) in [7, 11) is 0. The van der Waals surface area contributed by atoms with Crippen LogP contribution in [0.2, 0.25) is 0 Å². The van der Waals surface area contributed by atoms with E-state index in [1.54, 1.807) is 25.7 Å². The molecule has 9 heteroatoms. The number of anilines is 1. The third-order valence-electron chi connectivity index (χ3n) is 9.85. The summed E-state index contributed by atoms with van der Waals surface area (Å²) in [6, 6.07) is 8.91. The van der Waals surface area contributed by atoms with E-state index in [4.69, 9.17) is 4.74 Å². The van der Waals surface area contributed by atoms with Crippen molar-refractivity contribution in [3.63, 3.8) is 0 Å². The molecule has 4 aliphatic carbocycles. The monoisotopic (exact) mass is 575 g/mol. The first kappa shape index (κ1) is 28.9. The van der Waals surface area contributed by atoms with Crippen LogP contribution in [0.1, 0.15) is 76.1 Å². The summed E-state index contributed by atoms with van der Waals surface area (Å²) in [5, 5.41) is 17.7. The lowest BCUT2D eigenvalue weighted by molar-refractivity contribution is -0.134. The van der Waals surface area contributed by atoms with E-state index in [0.717, 1.165) is 59.7 Å². The number of aliphatic hydroxyl groups is 1. The highest BCUT2D eigenvalue weighted by Gasteiger charge is 2.53. The predicted molar refractivity (Wildman–Crippen MR) is 160 cm³/mol. The van der Waals surface area contributed by atoms with Crippen LogP contribution in [0.15, 0.2) is 36.7 Å². The Kier molecular flexibility index (Phi) is 7.89. The molecule has 1 aliphatic heterocycles. The van der Waals surface area contributed by atoms with Gasteiger partial charge in [0.2, 0.25) is 5.91 Å². The maximum absolute atomic E-state index is 13.8. The number of nitrogens with zero attached hydrogens (tertiary/aromatic N) is 3. The van der Waals surface area contributed by atoms with Crippen LogP contribution in [0.4, 0.5) is 10.6 Å². The summed E-state index contributed by atoms with van der Waals surface area (Å²) >= 11 is 0. The van der Waals surface area contributed by atoms with Crippen molar-refractivity contribution in [2.24, 2.45) is 23.2 Å². The number of aliphatic hydroxyl groups excluding tert-OH is 1. The van der Waals surface area contributed by atoms with Crippen molar-refractivity contribution in [1.82, 2.24) is 20.2 Å². The Morgan fingerprint density at radius 3 is 2.38 bits per heavy atom. The average Bonchev–Trinajstić information content (AvgIpc) is 2.93. The zero-order valence-electron chi connectivity index (χ0n) is 25.1. The van der Waals surface area contributed by atoms with E-state index in [1.807, 2.05) is 30.3 Å². The molecule has 0 spiro atoms. The number of rotatable bonds is 8. The van der Waals surface area contributed by atoms with Gasteiger partial charge in [-0.25, -0.2) is 14.8 Å². The van der Waals surface area contributed by atoms with Crippen LogP contribution in [0.25, 0.3) is 0 Å². The minimum absolute atomic E-state index is 0.0486. The third kappa shape index (κ3) is 6.26. The van der Waals surface area contributed by atoms with E-state index in [-0.39, 0.29) is 11.3 Å². The number of alkyl carbamates (subject to hydrolysis) is 1. The minimum Gasteiger partial charge on any atom is -0.444 e. The second-order valence-corrected chi connectivity index (χ2v) is 14.2. The first-order chi connectivity index (χ1) is 20.1. The molecule has 1 aromatic carbocycles. The molecule has 4 bridgehead atoms. The highest BCUT2D eigenvalue weighted by Crippen LogP contribution is 2.61. The van der Waals surface area contributed by atoms with E-state index >= 15 is 0 Å². The zero-order valence-corrected chi connectivity index (χ0v) is 25.1. The Hall–Kier alpha value is -3.20. The van der Waals surface area contributed by atoms with Crippen molar-refractivity contribution in [2.75, 3.05) is 18.4 Å². The summed E-state index contributed by atoms with van der Waals surface area (Å²) in [6.07, 6.45) is 9.02. The van der Waals surface area contributed by atoms with Crippen LogP contribution < -0.4 is 10.6 Å². The number of ether oxygens (including phenoxy) is 1. The number of benzene rings is 1. The van der Waals surface area contributed by atoms with Gasteiger partial charge in [-0.05, 0) is 94.4 Å². The minimum atomic E-state index is -0.765. The van der Waals surface area contributed by atoms with Crippen molar-refractivity contribution < 1.29 is 19.4 Å². The second-order valence-electron chi connectivity index (χ2n) is 14.2. The lowest BCUT2D eigenvalue weighted by Crippen LogP contribution is -2.53. The van der Waals surface area contributed by atoms with Crippen molar-refractivity contribution in [3.05, 3.63) is 53.5 Å². The number of nitrogens with one attached hydrogen (secondary N) is 2. The Morgan fingerprint density at radius 2 is 1.74 bits per heavy atom. The quantitative estimate of drug-likeness (QED) is 0.425. The van der Waals surface area contributed by atoms with E-state index in [1.165, 1.54) is 25.6 Å². The Bertz CT molecular complexity index is 1260. The predicted octanol–water partition coefficient (Wildman–Crippen LogP) is 4.49. The van der Waals surface area contributed by atoms with E-state index in [2.05, 4.69) is 20.6 Å². The lowest BCUT2D eigenvalue weighted by Gasteiger charge is -2.58. The molecular weight excluding hydrogens is 530 g/mol. The molecule has 4 fully saturated rings. The number of amides is 2. The molecule has 9 nitrogen and oxygen atoms in total. The summed E-state index contributed by atoms with van der Waals surface area (Å²) in [5.41, 5.74) is 2.13. The van der Waals surface area contributed by atoms with Crippen LogP contribution in [0.3, 0.4) is 0 Å². The van der Waals surface area contributed by atoms with Gasteiger partial charge in [0.25, 0.3) is 0 Å². The van der Waals surface area contributed by atoms with Crippen molar-refractivity contribution >= 4 is 17.8 Å². The summed E-state index contributed by atoms with van der Waals surface area (Å²) in [5.74, 6) is 2.95. The topological polar surface area (TPSA) is 117 Å². The molecule has 2 aromatic rings. The molecule has 7 rings (SSSR count). The van der Waals surface area contributed by atoms with Crippen molar-refractivity contribution in [2.45, 2.75) is 96.4 Å². The highest BCUT2D eigenvalue weighted by molar-refractivity contribution is 5.86. The van der Waals surface area contributed by atoms with Gasteiger partial charge in [-0.15, -0.1) is 0 Å². The Balaban J connectivity index is 1.12. The molecule has 1 unspecified atom stereocenters. The molecule has 4 saturated carbocycles. The number of hydrogen-bond donors (Lipinski definition) is 3. The number of carbonyl (C=O) groups is 2. The molecular formula is C33H45N5O4. The van der Waals surface area contributed by atoms with Gasteiger partial charge < -0.3 is 25.4 Å². The van der Waals surface area contributed by atoms with E-state index in [9.17, 15) is 14.7 Å². The molecule has 3 N–H and O–H groups in total. The largest absolute Gasteiger partial charge is 0.444 e. The molecule has 0 radical (unpaired) electrons. The summed E-state index contributed by atoms with van der Waals surface area (Å²) in [6.45, 7) is 6.72. The van der Waals surface area contributed by atoms with Crippen LogP contribution in [-0.4, -0.2) is 62.8 Å². The maximum atomic E-state index is 13.8. The summed E-state index contributed by atoms with van der Waals surface area (Å²) in [4.78, 5) is 37.3. The fourth-order valence-electron chi connectivity index (χ4n) is 8.41. The normalized spacial score (nSPS) is 27.6. The molecule has 5 aliphatic rings. The van der Waals surface area contributed by atoms with Gasteiger partial charge in [0, 0.05) is 25.1 Å². The van der Waals surface area contributed by atoms with Gasteiger partial charge in [0.15, 0.2) is 0 Å². The number of aromatic nitrogens is 2. The highest BCUT2D eigenvalue weighted by atomic mass is 16.6. The van der Waals surface area contributed by atoms with Gasteiger partial charge in [-0.2, -0.15) is 0 Å². The van der Waals surface area contributed by atoms with Crippen LogP contribution in [-0.2, 0) is 28.9 Å². The zero-order chi connectivity index (χ0) is 29.5. The van der Waals surface area contributed by atoms with Crippen LogP contribution >= 0.6 is 0 Å².